The van der Waals surface area contributed by atoms with Crippen LogP contribution in [0.4, 0.5) is 0 Å². The molecule has 2 aromatic rings. The molecule has 1 saturated heterocycles. The van der Waals surface area contributed by atoms with Gasteiger partial charge in [-0.05, 0) is 43.0 Å². The van der Waals surface area contributed by atoms with Crippen LogP contribution in [0, 0.1) is 13.8 Å². The van der Waals surface area contributed by atoms with Gasteiger partial charge in [-0.2, -0.15) is 0 Å². The molecule has 29 heavy (non-hydrogen) atoms. The average Bonchev–Trinajstić information content (AvgIpc) is 2.75. The summed E-state index contributed by atoms with van der Waals surface area (Å²) in [6.45, 7) is 10.3. The van der Waals surface area contributed by atoms with E-state index in [2.05, 4.69) is 47.4 Å². The quantitative estimate of drug-likeness (QED) is 0.704. The molecule has 2 aromatic carbocycles. The Bertz CT molecular complexity index is 824. The second-order valence-electron chi connectivity index (χ2n) is 7.72. The van der Waals surface area contributed by atoms with E-state index in [4.69, 9.17) is 4.74 Å². The minimum atomic E-state index is -0.417. The number of rotatable bonds is 7. The van der Waals surface area contributed by atoms with Gasteiger partial charge in [0.15, 0.2) is 6.10 Å². The summed E-state index contributed by atoms with van der Waals surface area (Å²) < 4.78 is 6.12. The molecule has 1 fully saturated rings. The van der Waals surface area contributed by atoms with E-state index in [1.54, 1.807) is 0 Å². The van der Waals surface area contributed by atoms with Crippen LogP contribution in [0.5, 0.6) is 5.75 Å². The first-order valence-electron chi connectivity index (χ1n) is 10.5. The fourth-order valence-electron chi connectivity index (χ4n) is 3.55. The molecule has 154 valence electrons. The molecule has 1 atom stereocenters. The van der Waals surface area contributed by atoms with Crippen molar-refractivity contribution in [3.63, 3.8) is 0 Å². The highest BCUT2D eigenvalue weighted by molar-refractivity contribution is 5.81. The zero-order valence-electron chi connectivity index (χ0n) is 17.8. The third-order valence-corrected chi connectivity index (χ3v) is 5.42. The van der Waals surface area contributed by atoms with E-state index in [9.17, 15) is 4.79 Å². The average molecular weight is 393 g/mol. The van der Waals surface area contributed by atoms with Gasteiger partial charge in [-0.25, -0.2) is 0 Å². The summed E-state index contributed by atoms with van der Waals surface area (Å²) >= 11 is 0. The Morgan fingerprint density at radius 3 is 2.48 bits per heavy atom. The van der Waals surface area contributed by atoms with Crippen molar-refractivity contribution in [3.05, 3.63) is 71.3 Å². The Morgan fingerprint density at radius 2 is 1.79 bits per heavy atom. The summed E-state index contributed by atoms with van der Waals surface area (Å²) in [5.41, 5.74) is 3.43. The molecule has 1 aliphatic rings. The van der Waals surface area contributed by atoms with E-state index in [1.807, 2.05) is 43.9 Å². The molecule has 3 rings (SSSR count). The van der Waals surface area contributed by atoms with Crippen LogP contribution in [-0.4, -0.2) is 54.5 Å². The molecule has 4 nitrogen and oxygen atoms in total. The van der Waals surface area contributed by atoms with Crippen LogP contribution < -0.4 is 4.74 Å². The van der Waals surface area contributed by atoms with Crippen LogP contribution in [0.2, 0.25) is 0 Å². The number of nitrogens with zero attached hydrogens (tertiary/aromatic N) is 2. The van der Waals surface area contributed by atoms with Crippen LogP contribution in [0.25, 0.3) is 6.08 Å². The molecule has 0 aromatic heterocycles. The number of hydrogen-bond donors (Lipinski definition) is 0. The molecular formula is C25H32N2O2. The lowest BCUT2D eigenvalue weighted by atomic mass is 10.1. The van der Waals surface area contributed by atoms with E-state index in [0.717, 1.165) is 49.6 Å². The van der Waals surface area contributed by atoms with Gasteiger partial charge in [-0.15, -0.1) is 0 Å². The predicted molar refractivity (Wildman–Crippen MR) is 119 cm³/mol. The van der Waals surface area contributed by atoms with Gasteiger partial charge in [0.25, 0.3) is 5.91 Å². The Hall–Kier alpha value is -2.59. The second kappa shape index (κ2) is 10.3. The topological polar surface area (TPSA) is 32.8 Å². The molecule has 0 saturated carbocycles. The molecule has 0 unspecified atom stereocenters. The van der Waals surface area contributed by atoms with Gasteiger partial charge >= 0.3 is 0 Å². The van der Waals surface area contributed by atoms with Gasteiger partial charge in [0.05, 0.1) is 0 Å². The van der Waals surface area contributed by atoms with Gasteiger partial charge in [0, 0.05) is 32.7 Å². The van der Waals surface area contributed by atoms with E-state index in [-0.39, 0.29) is 5.91 Å². The van der Waals surface area contributed by atoms with Crippen molar-refractivity contribution in [2.45, 2.75) is 33.3 Å². The fourth-order valence-corrected chi connectivity index (χ4v) is 3.55. The molecule has 4 heteroatoms. The monoisotopic (exact) mass is 392 g/mol. The van der Waals surface area contributed by atoms with E-state index < -0.39 is 6.10 Å². The number of amides is 1. The first-order chi connectivity index (χ1) is 14.1. The third kappa shape index (κ3) is 5.94. The summed E-state index contributed by atoms with van der Waals surface area (Å²) in [4.78, 5) is 17.3. The highest BCUT2D eigenvalue weighted by atomic mass is 16.5. The third-order valence-electron chi connectivity index (χ3n) is 5.42. The SMILES string of the molecule is CC[C@@H](Oc1cc(C)ccc1C)C(=O)N1CCN(C/C=C/c2ccccc2)CC1. The van der Waals surface area contributed by atoms with Gasteiger partial charge in [0.1, 0.15) is 5.75 Å². The van der Waals surface area contributed by atoms with Crippen LogP contribution in [-0.2, 0) is 4.79 Å². The van der Waals surface area contributed by atoms with Crippen LogP contribution in [0.1, 0.15) is 30.0 Å². The fraction of sp³-hybridized carbons (Fsp3) is 0.400. The number of carbonyl (C=O) groups is 1. The number of carbonyl (C=O) groups excluding carboxylic acids is 1. The Morgan fingerprint density at radius 1 is 1.07 bits per heavy atom. The summed E-state index contributed by atoms with van der Waals surface area (Å²) in [5.74, 6) is 0.919. The van der Waals surface area contributed by atoms with Crippen molar-refractivity contribution in [2.75, 3.05) is 32.7 Å². The number of piperazine rings is 1. The number of aryl methyl sites for hydroxylation is 2. The standard InChI is InChI=1S/C25H32N2O2/c1-4-23(29-24-19-20(2)12-13-21(24)3)25(28)27-17-15-26(16-18-27)14-8-11-22-9-6-5-7-10-22/h5-13,19,23H,4,14-18H2,1-3H3/b11-8+/t23-/m1/s1. The van der Waals surface area contributed by atoms with Gasteiger partial charge in [-0.3, -0.25) is 9.69 Å². The molecule has 0 radical (unpaired) electrons. The van der Waals surface area contributed by atoms with E-state index in [0.29, 0.717) is 6.42 Å². The minimum absolute atomic E-state index is 0.105. The van der Waals surface area contributed by atoms with Crippen molar-refractivity contribution in [1.82, 2.24) is 9.80 Å². The zero-order valence-corrected chi connectivity index (χ0v) is 17.8. The maximum absolute atomic E-state index is 13.0. The molecule has 0 aliphatic carbocycles. The summed E-state index contributed by atoms with van der Waals surface area (Å²) in [6, 6.07) is 16.5. The van der Waals surface area contributed by atoms with Crippen LogP contribution in [0.15, 0.2) is 54.6 Å². The van der Waals surface area contributed by atoms with Gasteiger partial charge in [0.2, 0.25) is 0 Å². The second-order valence-corrected chi connectivity index (χ2v) is 7.72. The Labute approximate surface area is 174 Å². The minimum Gasteiger partial charge on any atom is -0.480 e. The molecule has 0 spiro atoms. The van der Waals surface area contributed by atoms with Crippen molar-refractivity contribution in [1.29, 1.82) is 0 Å². The summed E-state index contributed by atoms with van der Waals surface area (Å²) in [6.07, 6.45) is 4.61. The normalized spacial score (nSPS) is 16.2. The molecule has 0 N–H and O–H groups in total. The summed E-state index contributed by atoms with van der Waals surface area (Å²) in [7, 11) is 0. The van der Waals surface area contributed by atoms with Crippen molar-refractivity contribution in [2.24, 2.45) is 0 Å². The Balaban J connectivity index is 1.50. The maximum Gasteiger partial charge on any atom is 0.263 e. The van der Waals surface area contributed by atoms with Gasteiger partial charge < -0.3 is 9.64 Å². The lowest BCUT2D eigenvalue weighted by Gasteiger charge is -2.36. The van der Waals surface area contributed by atoms with Gasteiger partial charge in [-0.1, -0.05) is 61.5 Å². The lowest BCUT2D eigenvalue weighted by Crippen LogP contribution is -2.52. The van der Waals surface area contributed by atoms with Crippen molar-refractivity contribution in [3.8, 4) is 5.75 Å². The van der Waals surface area contributed by atoms with Crippen LogP contribution >= 0.6 is 0 Å². The van der Waals surface area contributed by atoms with E-state index in [1.165, 1.54) is 5.56 Å². The summed E-state index contributed by atoms with van der Waals surface area (Å²) in [5, 5.41) is 0. The Kier molecular flexibility index (Phi) is 7.48. The highest BCUT2D eigenvalue weighted by Gasteiger charge is 2.27. The van der Waals surface area contributed by atoms with Crippen molar-refractivity contribution < 1.29 is 9.53 Å². The molecule has 1 amide bonds. The number of ether oxygens (including phenoxy) is 1. The van der Waals surface area contributed by atoms with Crippen LogP contribution in [0.3, 0.4) is 0 Å². The maximum atomic E-state index is 13.0. The number of hydrogen-bond acceptors (Lipinski definition) is 3. The molecule has 1 heterocycles. The van der Waals surface area contributed by atoms with Crippen molar-refractivity contribution >= 4 is 12.0 Å². The first kappa shape index (κ1) is 21.1. The predicted octanol–water partition coefficient (Wildman–Crippen LogP) is 4.32. The van der Waals surface area contributed by atoms with E-state index >= 15 is 0 Å². The molecule has 0 bridgehead atoms. The molecular weight excluding hydrogens is 360 g/mol. The first-order valence-corrected chi connectivity index (χ1v) is 10.5. The highest BCUT2D eigenvalue weighted by Crippen LogP contribution is 2.22. The molecule has 1 aliphatic heterocycles. The lowest BCUT2D eigenvalue weighted by molar-refractivity contribution is -0.140. The zero-order chi connectivity index (χ0) is 20.6. The largest absolute Gasteiger partial charge is 0.480 e. The smallest absolute Gasteiger partial charge is 0.263 e. The number of benzene rings is 2.